The van der Waals surface area contributed by atoms with Crippen LogP contribution in [-0.2, 0) is 34.4 Å². The summed E-state index contributed by atoms with van der Waals surface area (Å²) >= 11 is 0. The molecule has 1 N–H and O–H groups in total. The Morgan fingerprint density at radius 2 is 1.53 bits per heavy atom. The van der Waals surface area contributed by atoms with Crippen molar-refractivity contribution in [3.8, 4) is 0 Å². The molecule has 0 aliphatic carbocycles. The van der Waals surface area contributed by atoms with Crippen LogP contribution in [0.2, 0.25) is 0 Å². The van der Waals surface area contributed by atoms with E-state index in [1.807, 2.05) is 62.4 Å². The van der Waals surface area contributed by atoms with Crippen molar-refractivity contribution >= 4 is 11.8 Å². The Morgan fingerprint density at radius 3 is 2.13 bits per heavy atom. The van der Waals surface area contributed by atoms with Crippen LogP contribution < -0.4 is 5.32 Å². The van der Waals surface area contributed by atoms with Crippen LogP contribution in [0.25, 0.3) is 0 Å². The second kappa shape index (κ2) is 13.4. The minimum absolute atomic E-state index is 0.00774. The third-order valence-electron chi connectivity index (χ3n) is 7.16. The Labute approximate surface area is 229 Å². The van der Waals surface area contributed by atoms with Gasteiger partial charge in [-0.3, -0.25) is 9.59 Å². The highest BCUT2D eigenvalue weighted by Crippen LogP contribution is 2.23. The Bertz CT molecular complexity index is 1180. The average Bonchev–Trinajstić information content (AvgIpc) is 2.89. The Morgan fingerprint density at radius 1 is 0.868 bits per heavy atom. The Hall–Kier alpha value is -3.40. The fourth-order valence-electron chi connectivity index (χ4n) is 4.57. The molecule has 3 aromatic carbocycles. The molecule has 3 aromatic rings. The summed E-state index contributed by atoms with van der Waals surface area (Å²) in [5.74, 6) is -0.106. The Kier molecular flexibility index (Phi) is 10.3. The summed E-state index contributed by atoms with van der Waals surface area (Å²) in [6.45, 7) is 13.1. The lowest BCUT2D eigenvalue weighted by Crippen LogP contribution is -2.52. The lowest BCUT2D eigenvalue weighted by atomic mass is 9.86. The molecule has 0 radical (unpaired) electrons. The maximum Gasteiger partial charge on any atom is 0.243 e. The molecule has 202 valence electrons. The summed E-state index contributed by atoms with van der Waals surface area (Å²) in [7, 11) is 0. The number of rotatable bonds is 11. The van der Waals surface area contributed by atoms with Crippen molar-refractivity contribution < 1.29 is 9.59 Å². The van der Waals surface area contributed by atoms with E-state index in [1.54, 1.807) is 4.90 Å². The first-order valence-electron chi connectivity index (χ1n) is 13.9. The number of nitrogens with zero attached hydrogens (tertiary/aromatic N) is 1. The van der Waals surface area contributed by atoms with Gasteiger partial charge in [0, 0.05) is 25.4 Å². The predicted octanol–water partition coefficient (Wildman–Crippen LogP) is 6.78. The van der Waals surface area contributed by atoms with Crippen LogP contribution in [-0.4, -0.2) is 28.8 Å². The highest BCUT2D eigenvalue weighted by atomic mass is 16.2. The van der Waals surface area contributed by atoms with Gasteiger partial charge in [0.25, 0.3) is 0 Å². The number of hydrogen-bond acceptors (Lipinski definition) is 2. The van der Waals surface area contributed by atoms with Crippen molar-refractivity contribution in [2.24, 2.45) is 0 Å². The highest BCUT2D eigenvalue weighted by molar-refractivity contribution is 5.88. The van der Waals surface area contributed by atoms with E-state index in [2.05, 4.69) is 63.3 Å². The van der Waals surface area contributed by atoms with Gasteiger partial charge >= 0.3 is 0 Å². The first-order chi connectivity index (χ1) is 18.1. The largest absolute Gasteiger partial charge is 0.352 e. The molecule has 2 atom stereocenters. The average molecular weight is 513 g/mol. The van der Waals surface area contributed by atoms with Crippen LogP contribution >= 0.6 is 0 Å². The van der Waals surface area contributed by atoms with Gasteiger partial charge in [-0.2, -0.15) is 0 Å². The van der Waals surface area contributed by atoms with Crippen molar-refractivity contribution in [2.45, 2.75) is 91.3 Å². The lowest BCUT2D eigenvalue weighted by Gasteiger charge is -2.32. The molecule has 4 heteroatoms. The fraction of sp³-hybridized carbons (Fsp3) is 0.412. The third-order valence-corrected chi connectivity index (χ3v) is 7.16. The monoisotopic (exact) mass is 512 g/mol. The highest BCUT2D eigenvalue weighted by Gasteiger charge is 2.30. The summed E-state index contributed by atoms with van der Waals surface area (Å²) in [5, 5.41) is 3.14. The van der Waals surface area contributed by atoms with E-state index in [9.17, 15) is 9.59 Å². The normalized spacial score (nSPS) is 13.0. The van der Waals surface area contributed by atoms with E-state index in [1.165, 1.54) is 5.56 Å². The molecule has 0 unspecified atom stereocenters. The standard InChI is InChI=1S/C34H44N2O2/c1-7-26(3)35-33(38)31(23-28-13-9-8-10-14-28)36(24-29-15-11-12-25(2)22-29)32(37)21-18-27-16-19-30(20-17-27)34(4,5)6/h8-17,19-20,22,26,31H,7,18,21,23-24H2,1-6H3,(H,35,38)/t26-,31+/m1/s1. The number of carbonyl (C=O) groups excluding carboxylic acids is 2. The molecular weight excluding hydrogens is 468 g/mol. The number of hydrogen-bond donors (Lipinski definition) is 1. The van der Waals surface area contributed by atoms with Crippen LogP contribution in [0.15, 0.2) is 78.9 Å². The van der Waals surface area contributed by atoms with E-state index in [0.29, 0.717) is 25.8 Å². The zero-order valence-electron chi connectivity index (χ0n) is 24.0. The van der Waals surface area contributed by atoms with Crippen LogP contribution in [0, 0.1) is 6.92 Å². The van der Waals surface area contributed by atoms with Crippen molar-refractivity contribution in [3.63, 3.8) is 0 Å². The maximum absolute atomic E-state index is 13.9. The van der Waals surface area contributed by atoms with Gasteiger partial charge in [-0.1, -0.05) is 112 Å². The topological polar surface area (TPSA) is 49.4 Å². The molecule has 4 nitrogen and oxygen atoms in total. The van der Waals surface area contributed by atoms with Crippen LogP contribution in [0.1, 0.15) is 75.3 Å². The molecule has 0 saturated heterocycles. The van der Waals surface area contributed by atoms with Crippen LogP contribution in [0.5, 0.6) is 0 Å². The SMILES string of the molecule is CC[C@@H](C)NC(=O)[C@H](Cc1ccccc1)N(Cc1cccc(C)c1)C(=O)CCc1ccc(C(C)(C)C)cc1. The molecule has 3 rings (SSSR count). The third kappa shape index (κ3) is 8.58. The van der Waals surface area contributed by atoms with E-state index in [4.69, 9.17) is 0 Å². The van der Waals surface area contributed by atoms with Gasteiger partial charge in [-0.05, 0) is 54.4 Å². The molecule has 0 aromatic heterocycles. The number of carbonyl (C=O) groups is 2. The van der Waals surface area contributed by atoms with Gasteiger partial charge in [0.2, 0.25) is 11.8 Å². The zero-order valence-corrected chi connectivity index (χ0v) is 24.0. The van der Waals surface area contributed by atoms with Gasteiger partial charge in [-0.15, -0.1) is 0 Å². The lowest BCUT2D eigenvalue weighted by molar-refractivity contribution is -0.141. The second-order valence-electron chi connectivity index (χ2n) is 11.5. The van der Waals surface area contributed by atoms with E-state index in [-0.39, 0.29) is 23.3 Å². The number of aryl methyl sites for hydroxylation is 2. The molecule has 0 aliphatic rings. The molecule has 0 aliphatic heterocycles. The smallest absolute Gasteiger partial charge is 0.243 e. The number of nitrogens with one attached hydrogen (secondary N) is 1. The van der Waals surface area contributed by atoms with Gasteiger partial charge in [0.1, 0.15) is 6.04 Å². The van der Waals surface area contributed by atoms with Gasteiger partial charge in [0.05, 0.1) is 0 Å². The molecule has 0 bridgehead atoms. The Balaban J connectivity index is 1.89. The first-order valence-corrected chi connectivity index (χ1v) is 13.9. The van der Waals surface area contributed by atoms with Crippen molar-refractivity contribution in [1.82, 2.24) is 10.2 Å². The summed E-state index contributed by atoms with van der Waals surface area (Å²) in [6.07, 6.45) is 2.29. The molecule has 0 fully saturated rings. The van der Waals surface area contributed by atoms with Gasteiger partial charge in [-0.25, -0.2) is 0 Å². The second-order valence-corrected chi connectivity index (χ2v) is 11.5. The van der Waals surface area contributed by atoms with Crippen molar-refractivity contribution in [3.05, 3.63) is 107 Å². The quantitative estimate of drug-likeness (QED) is 0.308. The van der Waals surface area contributed by atoms with Crippen LogP contribution in [0.3, 0.4) is 0 Å². The minimum Gasteiger partial charge on any atom is -0.352 e. The van der Waals surface area contributed by atoms with Crippen LogP contribution in [0.4, 0.5) is 0 Å². The molecule has 38 heavy (non-hydrogen) atoms. The molecule has 0 heterocycles. The van der Waals surface area contributed by atoms with E-state index in [0.717, 1.165) is 28.7 Å². The summed E-state index contributed by atoms with van der Waals surface area (Å²) in [5.41, 5.74) is 5.70. The molecule has 2 amide bonds. The fourth-order valence-corrected chi connectivity index (χ4v) is 4.57. The summed E-state index contributed by atoms with van der Waals surface area (Å²) in [4.78, 5) is 29.3. The summed E-state index contributed by atoms with van der Waals surface area (Å²) in [6, 6.07) is 26.2. The number of benzene rings is 3. The molecule has 0 spiro atoms. The van der Waals surface area contributed by atoms with Crippen molar-refractivity contribution in [2.75, 3.05) is 0 Å². The predicted molar refractivity (Wildman–Crippen MR) is 157 cm³/mol. The van der Waals surface area contributed by atoms with E-state index >= 15 is 0 Å². The van der Waals surface area contributed by atoms with Crippen molar-refractivity contribution in [1.29, 1.82) is 0 Å². The van der Waals surface area contributed by atoms with Gasteiger partial charge < -0.3 is 10.2 Å². The molecule has 0 saturated carbocycles. The molecular formula is C34H44N2O2. The maximum atomic E-state index is 13.9. The first kappa shape index (κ1) is 29.2. The van der Waals surface area contributed by atoms with E-state index < -0.39 is 6.04 Å². The number of amides is 2. The minimum atomic E-state index is -0.595. The summed E-state index contributed by atoms with van der Waals surface area (Å²) < 4.78 is 0. The zero-order chi connectivity index (χ0) is 27.7. The van der Waals surface area contributed by atoms with Gasteiger partial charge in [0.15, 0.2) is 0 Å².